The molecule has 0 N–H and O–H groups in total. The Bertz CT molecular complexity index is 551. The number of aldehydes is 1. The van der Waals surface area contributed by atoms with Gasteiger partial charge in [0.1, 0.15) is 12.0 Å². The van der Waals surface area contributed by atoms with Crippen LogP contribution in [0.2, 0.25) is 0 Å². The average molecular weight is 302 g/mol. The highest BCUT2D eigenvalue weighted by molar-refractivity contribution is 5.52. The van der Waals surface area contributed by atoms with Crippen molar-refractivity contribution in [1.82, 2.24) is 0 Å². The number of hydrogen-bond donors (Lipinski definition) is 0. The van der Waals surface area contributed by atoms with Gasteiger partial charge in [-0.2, -0.15) is 0 Å². The fraction of sp³-hybridized carbons (Fsp3) is 0.650. The van der Waals surface area contributed by atoms with Gasteiger partial charge in [-0.15, -0.1) is 0 Å². The van der Waals surface area contributed by atoms with Crippen molar-refractivity contribution in [2.45, 2.75) is 77.0 Å². The van der Waals surface area contributed by atoms with Gasteiger partial charge in [0.05, 0.1) is 7.11 Å². The molecule has 2 nitrogen and oxygen atoms in total. The second kappa shape index (κ2) is 6.06. The van der Waals surface area contributed by atoms with Gasteiger partial charge in [-0.05, 0) is 72.1 Å². The standard InChI is InChI=1S/C18H26O.C2H4O/c1-17(2)8-9-18(3,4)15-11-16(19-5)13(10-14(15)17)12-6-7-12;1-2-3/h10-12H,6-9H2,1-5H3;2H,1H3. The van der Waals surface area contributed by atoms with Crippen molar-refractivity contribution in [3.63, 3.8) is 0 Å². The van der Waals surface area contributed by atoms with Gasteiger partial charge in [-0.3, -0.25) is 0 Å². The molecule has 0 aromatic heterocycles. The van der Waals surface area contributed by atoms with Gasteiger partial charge in [0.25, 0.3) is 0 Å². The Morgan fingerprint density at radius 2 is 1.50 bits per heavy atom. The van der Waals surface area contributed by atoms with Crippen LogP contribution in [0.3, 0.4) is 0 Å². The molecule has 1 aromatic rings. The molecule has 0 bridgehead atoms. The average Bonchev–Trinajstić information content (AvgIpc) is 3.28. The third-order valence-electron chi connectivity index (χ3n) is 5.22. The predicted octanol–water partition coefficient (Wildman–Crippen LogP) is 5.13. The monoisotopic (exact) mass is 302 g/mol. The molecule has 2 heteroatoms. The summed E-state index contributed by atoms with van der Waals surface area (Å²) in [5.41, 5.74) is 5.10. The first-order valence-corrected chi connectivity index (χ1v) is 8.39. The Balaban J connectivity index is 0.000000545. The number of hydrogen-bond acceptors (Lipinski definition) is 2. The quantitative estimate of drug-likeness (QED) is 0.708. The minimum absolute atomic E-state index is 0.278. The lowest BCUT2D eigenvalue weighted by Crippen LogP contribution is -2.34. The summed E-state index contributed by atoms with van der Waals surface area (Å²) in [4.78, 5) is 8.81. The van der Waals surface area contributed by atoms with Crippen molar-refractivity contribution in [1.29, 1.82) is 0 Å². The first-order chi connectivity index (χ1) is 10.3. The number of benzene rings is 1. The lowest BCUT2D eigenvalue weighted by Gasteiger charge is -2.42. The Morgan fingerprint density at radius 1 is 1.05 bits per heavy atom. The van der Waals surface area contributed by atoms with Crippen LogP contribution in [0.4, 0.5) is 0 Å². The van der Waals surface area contributed by atoms with Gasteiger partial charge in [0, 0.05) is 0 Å². The lowest BCUT2D eigenvalue weighted by molar-refractivity contribution is -0.106. The normalized spacial score (nSPS) is 21.2. The zero-order chi connectivity index (χ0) is 16.5. The number of methoxy groups -OCH3 is 1. The Labute approximate surface area is 135 Å². The summed E-state index contributed by atoms with van der Waals surface area (Å²) < 4.78 is 5.67. The molecule has 122 valence electrons. The molecule has 2 aliphatic rings. The van der Waals surface area contributed by atoms with Crippen LogP contribution in [0.15, 0.2) is 12.1 Å². The molecule has 0 heterocycles. The van der Waals surface area contributed by atoms with E-state index in [9.17, 15) is 0 Å². The SMILES string of the molecule is CC=O.COc1cc2c(cc1C1CC1)C(C)(C)CCC2(C)C. The largest absolute Gasteiger partial charge is 0.496 e. The molecule has 3 rings (SSSR count). The van der Waals surface area contributed by atoms with Crippen molar-refractivity contribution in [3.8, 4) is 5.75 Å². The van der Waals surface area contributed by atoms with E-state index in [0.717, 1.165) is 18.0 Å². The highest BCUT2D eigenvalue weighted by Crippen LogP contribution is 2.51. The molecule has 2 aliphatic carbocycles. The van der Waals surface area contributed by atoms with Gasteiger partial charge >= 0.3 is 0 Å². The fourth-order valence-corrected chi connectivity index (χ4v) is 3.50. The third-order valence-corrected chi connectivity index (χ3v) is 5.22. The van der Waals surface area contributed by atoms with E-state index in [1.165, 1.54) is 43.7 Å². The second-order valence-corrected chi connectivity index (χ2v) is 7.92. The van der Waals surface area contributed by atoms with E-state index in [1.807, 2.05) is 7.11 Å². The first-order valence-electron chi connectivity index (χ1n) is 8.39. The van der Waals surface area contributed by atoms with Crippen LogP contribution >= 0.6 is 0 Å². The van der Waals surface area contributed by atoms with E-state index in [-0.39, 0.29) is 5.41 Å². The summed E-state index contributed by atoms with van der Waals surface area (Å²) in [6.07, 6.45) is 5.96. The Kier molecular flexibility index (Phi) is 4.70. The summed E-state index contributed by atoms with van der Waals surface area (Å²) in [5.74, 6) is 1.87. The van der Waals surface area contributed by atoms with Crippen LogP contribution in [-0.4, -0.2) is 13.4 Å². The highest BCUT2D eigenvalue weighted by Gasteiger charge is 2.39. The first kappa shape index (κ1) is 17.1. The molecular formula is C20H30O2. The van der Waals surface area contributed by atoms with Crippen molar-refractivity contribution < 1.29 is 9.53 Å². The molecule has 22 heavy (non-hydrogen) atoms. The van der Waals surface area contributed by atoms with Crippen molar-refractivity contribution in [2.75, 3.05) is 7.11 Å². The molecule has 0 atom stereocenters. The minimum atomic E-state index is 0.278. The molecule has 0 aliphatic heterocycles. The van der Waals surface area contributed by atoms with E-state index in [2.05, 4.69) is 39.8 Å². The number of fused-ring (bicyclic) bond motifs is 1. The Morgan fingerprint density at radius 3 is 1.91 bits per heavy atom. The van der Waals surface area contributed by atoms with E-state index in [1.54, 1.807) is 5.56 Å². The zero-order valence-corrected chi connectivity index (χ0v) is 15.0. The van der Waals surface area contributed by atoms with E-state index >= 15 is 0 Å². The van der Waals surface area contributed by atoms with Crippen LogP contribution in [0.1, 0.15) is 82.9 Å². The third kappa shape index (κ3) is 3.21. The summed E-state index contributed by atoms with van der Waals surface area (Å²) in [5, 5.41) is 0. The van der Waals surface area contributed by atoms with E-state index in [4.69, 9.17) is 9.53 Å². The maximum atomic E-state index is 8.81. The summed E-state index contributed by atoms with van der Waals surface area (Å²) in [7, 11) is 1.81. The van der Waals surface area contributed by atoms with Crippen molar-refractivity contribution >= 4 is 6.29 Å². The Hall–Kier alpha value is -1.31. The second-order valence-electron chi connectivity index (χ2n) is 7.92. The van der Waals surface area contributed by atoms with Crippen LogP contribution in [0, 0.1) is 0 Å². The summed E-state index contributed by atoms with van der Waals surface area (Å²) in [6, 6.07) is 4.80. The predicted molar refractivity (Wildman–Crippen MR) is 92.0 cm³/mol. The van der Waals surface area contributed by atoms with Gasteiger partial charge in [0.2, 0.25) is 0 Å². The maximum absolute atomic E-state index is 8.81. The summed E-state index contributed by atoms with van der Waals surface area (Å²) >= 11 is 0. The minimum Gasteiger partial charge on any atom is -0.496 e. The number of carbonyl (C=O) groups is 1. The van der Waals surface area contributed by atoms with E-state index in [0.29, 0.717) is 5.41 Å². The molecule has 0 amide bonds. The maximum Gasteiger partial charge on any atom is 0.122 e. The topological polar surface area (TPSA) is 26.3 Å². The smallest absolute Gasteiger partial charge is 0.122 e. The van der Waals surface area contributed by atoms with Crippen LogP contribution in [0.25, 0.3) is 0 Å². The molecule has 0 spiro atoms. The molecule has 1 saturated carbocycles. The molecule has 0 radical (unpaired) electrons. The van der Waals surface area contributed by atoms with Gasteiger partial charge < -0.3 is 9.53 Å². The fourth-order valence-electron chi connectivity index (χ4n) is 3.50. The van der Waals surface area contributed by atoms with Crippen LogP contribution in [-0.2, 0) is 15.6 Å². The van der Waals surface area contributed by atoms with Crippen molar-refractivity contribution in [3.05, 3.63) is 28.8 Å². The highest BCUT2D eigenvalue weighted by atomic mass is 16.5. The molecule has 1 fully saturated rings. The zero-order valence-electron chi connectivity index (χ0n) is 15.0. The molecule has 0 saturated heterocycles. The number of rotatable bonds is 2. The number of carbonyl (C=O) groups excluding carboxylic acids is 1. The van der Waals surface area contributed by atoms with Gasteiger partial charge in [0.15, 0.2) is 0 Å². The molecular weight excluding hydrogens is 272 g/mol. The van der Waals surface area contributed by atoms with Crippen LogP contribution in [0.5, 0.6) is 5.75 Å². The van der Waals surface area contributed by atoms with Gasteiger partial charge in [-0.25, -0.2) is 0 Å². The van der Waals surface area contributed by atoms with Crippen molar-refractivity contribution in [2.24, 2.45) is 0 Å². The van der Waals surface area contributed by atoms with Gasteiger partial charge in [-0.1, -0.05) is 33.8 Å². The molecule has 0 unspecified atom stereocenters. The van der Waals surface area contributed by atoms with Crippen LogP contribution < -0.4 is 4.74 Å². The lowest BCUT2D eigenvalue weighted by atomic mass is 9.63. The summed E-state index contributed by atoms with van der Waals surface area (Å²) in [6.45, 7) is 11.0. The number of ether oxygens (including phenoxy) is 1. The van der Waals surface area contributed by atoms with E-state index < -0.39 is 0 Å². The molecule has 1 aromatic carbocycles.